The quantitative estimate of drug-likeness (QED) is 0.699. The first kappa shape index (κ1) is 13.4. The molecule has 2 unspecified atom stereocenters. The molecule has 0 saturated heterocycles. The molecule has 0 aromatic carbocycles. The minimum Gasteiger partial charge on any atom is -0.316 e. The third-order valence-corrected chi connectivity index (χ3v) is 4.26. The summed E-state index contributed by atoms with van der Waals surface area (Å²) in [6.45, 7) is 10.7. The minimum absolute atomic E-state index is 0.781. The summed E-state index contributed by atoms with van der Waals surface area (Å²) in [6, 6.07) is 1.86. The van der Waals surface area contributed by atoms with E-state index in [1.54, 1.807) is 0 Å². The fourth-order valence-corrected chi connectivity index (χ4v) is 3.07. The Hall–Kier alpha value is -0.0800. The van der Waals surface area contributed by atoms with Gasteiger partial charge in [0.25, 0.3) is 0 Å². The SMILES string of the molecule is CCCN(C1CC1)C1CCC1CNCC(C)C. The van der Waals surface area contributed by atoms with Gasteiger partial charge in [0, 0.05) is 12.1 Å². The Labute approximate surface area is 107 Å². The van der Waals surface area contributed by atoms with Gasteiger partial charge in [0.2, 0.25) is 0 Å². The van der Waals surface area contributed by atoms with E-state index in [9.17, 15) is 0 Å². The van der Waals surface area contributed by atoms with Crippen molar-refractivity contribution in [1.29, 1.82) is 0 Å². The zero-order valence-electron chi connectivity index (χ0n) is 11.9. The first-order valence-electron chi connectivity index (χ1n) is 7.68. The second-order valence-corrected chi connectivity index (χ2v) is 6.43. The highest BCUT2D eigenvalue weighted by Crippen LogP contribution is 2.38. The van der Waals surface area contributed by atoms with Crippen molar-refractivity contribution in [2.45, 2.75) is 65.0 Å². The van der Waals surface area contributed by atoms with E-state index in [0.717, 1.165) is 23.9 Å². The van der Waals surface area contributed by atoms with Crippen LogP contribution in [0.15, 0.2) is 0 Å². The maximum atomic E-state index is 3.65. The topological polar surface area (TPSA) is 15.3 Å². The van der Waals surface area contributed by atoms with Crippen LogP contribution in [0.1, 0.15) is 52.9 Å². The summed E-state index contributed by atoms with van der Waals surface area (Å²) in [5, 5.41) is 3.65. The molecule has 2 heteroatoms. The van der Waals surface area contributed by atoms with Gasteiger partial charge >= 0.3 is 0 Å². The predicted octanol–water partition coefficient (Wildman–Crippen LogP) is 2.89. The van der Waals surface area contributed by atoms with Crippen molar-refractivity contribution < 1.29 is 0 Å². The molecule has 0 aromatic rings. The van der Waals surface area contributed by atoms with Crippen LogP contribution in [-0.2, 0) is 0 Å². The summed E-state index contributed by atoms with van der Waals surface area (Å²) in [6.07, 6.45) is 7.14. The Balaban J connectivity index is 1.72. The van der Waals surface area contributed by atoms with Gasteiger partial charge in [-0.25, -0.2) is 0 Å². The van der Waals surface area contributed by atoms with Gasteiger partial charge in [0.15, 0.2) is 0 Å². The number of nitrogens with one attached hydrogen (secondary N) is 1. The van der Waals surface area contributed by atoms with E-state index in [4.69, 9.17) is 0 Å². The highest BCUT2D eigenvalue weighted by atomic mass is 15.2. The highest BCUT2D eigenvalue weighted by molar-refractivity contribution is 4.96. The lowest BCUT2D eigenvalue weighted by Crippen LogP contribution is -2.51. The molecular formula is C15H30N2. The summed E-state index contributed by atoms with van der Waals surface area (Å²) < 4.78 is 0. The zero-order valence-corrected chi connectivity index (χ0v) is 11.9. The van der Waals surface area contributed by atoms with Crippen molar-refractivity contribution in [1.82, 2.24) is 10.2 Å². The first-order chi connectivity index (χ1) is 8.22. The van der Waals surface area contributed by atoms with E-state index in [1.165, 1.54) is 51.7 Å². The number of hydrogen-bond donors (Lipinski definition) is 1. The van der Waals surface area contributed by atoms with Crippen LogP contribution in [-0.4, -0.2) is 36.6 Å². The van der Waals surface area contributed by atoms with Crippen molar-refractivity contribution in [3.05, 3.63) is 0 Å². The van der Waals surface area contributed by atoms with Crippen LogP contribution in [0.4, 0.5) is 0 Å². The van der Waals surface area contributed by atoms with Crippen molar-refractivity contribution in [2.24, 2.45) is 11.8 Å². The summed E-state index contributed by atoms with van der Waals surface area (Å²) in [7, 11) is 0. The predicted molar refractivity (Wildman–Crippen MR) is 74.2 cm³/mol. The number of nitrogens with zero attached hydrogens (tertiary/aromatic N) is 1. The van der Waals surface area contributed by atoms with E-state index < -0.39 is 0 Å². The summed E-state index contributed by atoms with van der Waals surface area (Å²) in [5.74, 6) is 1.71. The van der Waals surface area contributed by atoms with Gasteiger partial charge in [-0.2, -0.15) is 0 Å². The lowest BCUT2D eigenvalue weighted by atomic mass is 9.78. The molecule has 0 amide bonds. The van der Waals surface area contributed by atoms with Crippen LogP contribution in [0, 0.1) is 11.8 Å². The molecule has 0 heterocycles. The molecule has 0 radical (unpaired) electrons. The average Bonchev–Trinajstić information content (AvgIpc) is 3.05. The molecule has 2 rings (SSSR count). The fourth-order valence-electron chi connectivity index (χ4n) is 3.07. The van der Waals surface area contributed by atoms with Gasteiger partial charge in [-0.3, -0.25) is 4.90 Å². The molecule has 2 aliphatic carbocycles. The fraction of sp³-hybridized carbons (Fsp3) is 1.00. The van der Waals surface area contributed by atoms with Crippen molar-refractivity contribution in [3.63, 3.8) is 0 Å². The Bertz CT molecular complexity index is 223. The monoisotopic (exact) mass is 238 g/mol. The van der Waals surface area contributed by atoms with E-state index in [1.807, 2.05) is 0 Å². The lowest BCUT2D eigenvalue weighted by Gasteiger charge is -2.45. The lowest BCUT2D eigenvalue weighted by molar-refractivity contribution is 0.0546. The maximum absolute atomic E-state index is 3.65. The average molecular weight is 238 g/mol. The smallest absolute Gasteiger partial charge is 0.0139 e. The highest BCUT2D eigenvalue weighted by Gasteiger charge is 2.41. The third kappa shape index (κ3) is 3.69. The zero-order chi connectivity index (χ0) is 12.3. The number of hydrogen-bond acceptors (Lipinski definition) is 2. The van der Waals surface area contributed by atoms with Crippen LogP contribution in [0.2, 0.25) is 0 Å². The van der Waals surface area contributed by atoms with Crippen LogP contribution < -0.4 is 5.32 Å². The second kappa shape index (κ2) is 6.19. The van der Waals surface area contributed by atoms with Gasteiger partial charge in [-0.05, 0) is 63.6 Å². The van der Waals surface area contributed by atoms with Gasteiger partial charge in [-0.1, -0.05) is 20.8 Å². The molecule has 2 atom stereocenters. The largest absolute Gasteiger partial charge is 0.316 e. The molecule has 2 aliphatic rings. The Morgan fingerprint density at radius 2 is 1.94 bits per heavy atom. The third-order valence-electron chi connectivity index (χ3n) is 4.26. The number of rotatable bonds is 8. The first-order valence-corrected chi connectivity index (χ1v) is 7.68. The second-order valence-electron chi connectivity index (χ2n) is 6.43. The molecule has 0 bridgehead atoms. The van der Waals surface area contributed by atoms with Crippen LogP contribution in [0.5, 0.6) is 0 Å². The van der Waals surface area contributed by atoms with Crippen molar-refractivity contribution in [2.75, 3.05) is 19.6 Å². The van der Waals surface area contributed by atoms with Crippen molar-refractivity contribution in [3.8, 4) is 0 Å². The van der Waals surface area contributed by atoms with Crippen LogP contribution in [0.25, 0.3) is 0 Å². The summed E-state index contributed by atoms with van der Waals surface area (Å²) in [4.78, 5) is 2.82. The van der Waals surface area contributed by atoms with Crippen LogP contribution in [0.3, 0.4) is 0 Å². The maximum Gasteiger partial charge on any atom is 0.0139 e. The molecule has 0 aromatic heterocycles. The van der Waals surface area contributed by atoms with E-state index in [0.29, 0.717) is 0 Å². The van der Waals surface area contributed by atoms with Crippen molar-refractivity contribution >= 4 is 0 Å². The van der Waals surface area contributed by atoms with Gasteiger partial charge < -0.3 is 5.32 Å². The molecular weight excluding hydrogens is 208 g/mol. The molecule has 2 nitrogen and oxygen atoms in total. The molecule has 100 valence electrons. The molecule has 2 fully saturated rings. The molecule has 0 spiro atoms. The van der Waals surface area contributed by atoms with E-state index >= 15 is 0 Å². The van der Waals surface area contributed by atoms with Gasteiger partial charge in [0.05, 0.1) is 0 Å². The standard InChI is InChI=1S/C15H30N2/c1-4-9-17(14-6-7-14)15-8-5-13(15)11-16-10-12(2)3/h12-16H,4-11H2,1-3H3. The van der Waals surface area contributed by atoms with E-state index in [2.05, 4.69) is 31.0 Å². The summed E-state index contributed by atoms with van der Waals surface area (Å²) >= 11 is 0. The van der Waals surface area contributed by atoms with Gasteiger partial charge in [0.1, 0.15) is 0 Å². The Kier molecular flexibility index (Phi) is 4.87. The van der Waals surface area contributed by atoms with Crippen LogP contribution >= 0.6 is 0 Å². The summed E-state index contributed by atoms with van der Waals surface area (Å²) in [5.41, 5.74) is 0. The Morgan fingerprint density at radius 3 is 2.41 bits per heavy atom. The molecule has 1 N–H and O–H groups in total. The Morgan fingerprint density at radius 1 is 1.18 bits per heavy atom. The normalized spacial score (nSPS) is 28.8. The molecule has 0 aliphatic heterocycles. The minimum atomic E-state index is 0.781. The van der Waals surface area contributed by atoms with E-state index in [-0.39, 0.29) is 0 Å². The molecule has 17 heavy (non-hydrogen) atoms. The van der Waals surface area contributed by atoms with Gasteiger partial charge in [-0.15, -0.1) is 0 Å². The molecule has 2 saturated carbocycles.